The number of nitrogens with zero attached hydrogens (tertiary/aromatic N) is 2. The molecule has 0 spiro atoms. The minimum absolute atomic E-state index is 0.273. The molecule has 3 N–H and O–H groups in total. The molecule has 0 fully saturated rings. The summed E-state index contributed by atoms with van der Waals surface area (Å²) in [5, 5.41) is 6.51. The molecule has 2 rings (SSSR count). The van der Waals surface area contributed by atoms with Crippen LogP contribution in [-0.2, 0) is 6.42 Å². The highest BCUT2D eigenvalue weighted by Crippen LogP contribution is 2.08. The first-order chi connectivity index (χ1) is 7.16. The maximum Gasteiger partial charge on any atom is 0.214 e. The average molecular weight is 224 g/mol. The predicted octanol–water partition coefficient (Wildman–Crippen LogP) is 1.38. The molecular weight excluding hydrogens is 215 g/mol. The molecule has 0 bridgehead atoms. The Hall–Kier alpha value is -1.69. The Balaban J connectivity index is 2.29. The van der Waals surface area contributed by atoms with Crippen LogP contribution in [0.1, 0.15) is 11.4 Å². The van der Waals surface area contributed by atoms with Gasteiger partial charge in [-0.1, -0.05) is 12.1 Å². The third-order valence-corrected chi connectivity index (χ3v) is 2.32. The van der Waals surface area contributed by atoms with E-state index in [9.17, 15) is 4.39 Å². The molecule has 1 heterocycles. The largest absolute Gasteiger partial charge is 0.335 e. The van der Waals surface area contributed by atoms with Crippen molar-refractivity contribution in [2.45, 2.75) is 6.42 Å². The molecule has 0 atom stereocenters. The van der Waals surface area contributed by atoms with Crippen molar-refractivity contribution in [2.75, 3.05) is 5.84 Å². The number of rotatable bonds is 2. The Morgan fingerprint density at radius 2 is 2.33 bits per heavy atom. The number of benzene rings is 1. The highest BCUT2D eigenvalue weighted by molar-refractivity contribution is 7.71. The van der Waals surface area contributed by atoms with Gasteiger partial charge in [0.1, 0.15) is 5.82 Å². The highest BCUT2D eigenvalue weighted by atomic mass is 32.1. The summed E-state index contributed by atoms with van der Waals surface area (Å²) in [5.74, 6) is 5.92. The standard InChI is InChI=1S/C9H9FN4S/c10-7-3-1-2-6(4-7)5-8-12-13-9(15)14(8)11/h1-4H,5,11H2,(H,13,15). The molecule has 1 aromatic heterocycles. The quantitative estimate of drug-likeness (QED) is 0.598. The maximum absolute atomic E-state index is 12.9. The van der Waals surface area contributed by atoms with Gasteiger partial charge in [0, 0.05) is 6.42 Å². The van der Waals surface area contributed by atoms with Crippen LogP contribution >= 0.6 is 12.2 Å². The van der Waals surface area contributed by atoms with Crippen molar-refractivity contribution in [3.05, 3.63) is 46.2 Å². The number of aromatic amines is 1. The van der Waals surface area contributed by atoms with E-state index in [0.717, 1.165) is 5.56 Å². The van der Waals surface area contributed by atoms with Gasteiger partial charge in [0.05, 0.1) is 0 Å². The van der Waals surface area contributed by atoms with Crippen molar-refractivity contribution >= 4 is 12.2 Å². The van der Waals surface area contributed by atoms with E-state index in [1.807, 2.05) is 0 Å². The van der Waals surface area contributed by atoms with Crippen molar-refractivity contribution < 1.29 is 4.39 Å². The minimum Gasteiger partial charge on any atom is -0.335 e. The predicted molar refractivity (Wildman–Crippen MR) is 56.8 cm³/mol. The SMILES string of the molecule is Nn1c(Cc2cccc(F)c2)n[nH]c1=S. The van der Waals surface area contributed by atoms with Crippen LogP contribution in [0.15, 0.2) is 24.3 Å². The summed E-state index contributed by atoms with van der Waals surface area (Å²) < 4.78 is 14.5. The fourth-order valence-corrected chi connectivity index (χ4v) is 1.44. The van der Waals surface area contributed by atoms with Crippen LogP contribution in [0.3, 0.4) is 0 Å². The molecule has 2 aromatic rings. The maximum atomic E-state index is 12.9. The molecule has 0 aliphatic carbocycles. The monoisotopic (exact) mass is 224 g/mol. The second-order valence-corrected chi connectivity index (χ2v) is 3.51. The average Bonchev–Trinajstić information content (AvgIpc) is 2.50. The Morgan fingerprint density at radius 1 is 1.53 bits per heavy atom. The van der Waals surface area contributed by atoms with Crippen molar-refractivity contribution in [3.8, 4) is 0 Å². The van der Waals surface area contributed by atoms with E-state index >= 15 is 0 Å². The van der Waals surface area contributed by atoms with E-state index in [4.69, 9.17) is 18.1 Å². The van der Waals surface area contributed by atoms with Crippen LogP contribution in [0, 0.1) is 10.6 Å². The zero-order valence-corrected chi connectivity index (χ0v) is 8.59. The number of nitrogens with two attached hydrogens (primary N) is 1. The summed E-state index contributed by atoms with van der Waals surface area (Å²) in [6.07, 6.45) is 0.446. The fraction of sp³-hybridized carbons (Fsp3) is 0.111. The van der Waals surface area contributed by atoms with Crippen LogP contribution < -0.4 is 5.84 Å². The number of nitrogen functional groups attached to an aromatic ring is 1. The lowest BCUT2D eigenvalue weighted by molar-refractivity contribution is 0.625. The van der Waals surface area contributed by atoms with Gasteiger partial charge in [0.15, 0.2) is 5.82 Å². The number of aromatic nitrogens is 3. The number of nitrogens with one attached hydrogen (secondary N) is 1. The summed E-state index contributed by atoms with van der Waals surface area (Å²) in [6.45, 7) is 0. The van der Waals surface area contributed by atoms with Gasteiger partial charge in [-0.2, -0.15) is 5.10 Å². The second-order valence-electron chi connectivity index (χ2n) is 3.12. The molecule has 0 aliphatic heterocycles. The first-order valence-electron chi connectivity index (χ1n) is 4.32. The molecule has 0 amide bonds. The number of halogens is 1. The van der Waals surface area contributed by atoms with Gasteiger partial charge in [-0.25, -0.2) is 9.07 Å². The second kappa shape index (κ2) is 3.82. The molecule has 6 heteroatoms. The molecule has 0 saturated carbocycles. The molecule has 15 heavy (non-hydrogen) atoms. The van der Waals surface area contributed by atoms with Crippen molar-refractivity contribution in [1.82, 2.24) is 14.9 Å². The van der Waals surface area contributed by atoms with Gasteiger partial charge in [-0.15, -0.1) is 0 Å². The molecule has 4 nitrogen and oxygen atoms in total. The van der Waals surface area contributed by atoms with E-state index in [-0.39, 0.29) is 5.82 Å². The van der Waals surface area contributed by atoms with Crippen LogP contribution in [-0.4, -0.2) is 14.9 Å². The smallest absolute Gasteiger partial charge is 0.214 e. The third-order valence-electron chi connectivity index (χ3n) is 2.03. The third kappa shape index (κ3) is 2.04. The first-order valence-corrected chi connectivity index (χ1v) is 4.73. The molecule has 0 saturated heterocycles. The van der Waals surface area contributed by atoms with E-state index in [0.29, 0.717) is 17.0 Å². The van der Waals surface area contributed by atoms with Crippen molar-refractivity contribution in [1.29, 1.82) is 0 Å². The summed E-state index contributed by atoms with van der Waals surface area (Å²) in [5.41, 5.74) is 0.802. The van der Waals surface area contributed by atoms with Crippen molar-refractivity contribution in [3.63, 3.8) is 0 Å². The molecular formula is C9H9FN4S. The lowest BCUT2D eigenvalue weighted by atomic mass is 10.1. The van der Waals surface area contributed by atoms with E-state index in [1.54, 1.807) is 12.1 Å². The first kappa shape index (κ1) is 9.85. The minimum atomic E-state index is -0.273. The van der Waals surface area contributed by atoms with E-state index < -0.39 is 0 Å². The lowest BCUT2D eigenvalue weighted by Gasteiger charge is -2.00. The van der Waals surface area contributed by atoms with Gasteiger partial charge in [-0.05, 0) is 29.9 Å². The summed E-state index contributed by atoms with van der Waals surface area (Å²) in [7, 11) is 0. The summed E-state index contributed by atoms with van der Waals surface area (Å²) in [6, 6.07) is 6.29. The zero-order chi connectivity index (χ0) is 10.8. The Kier molecular flexibility index (Phi) is 2.51. The Labute approximate surface area is 90.5 Å². The van der Waals surface area contributed by atoms with E-state index in [1.165, 1.54) is 16.8 Å². The molecule has 1 aromatic carbocycles. The van der Waals surface area contributed by atoms with Crippen LogP contribution in [0.5, 0.6) is 0 Å². The zero-order valence-electron chi connectivity index (χ0n) is 7.77. The molecule has 0 unspecified atom stereocenters. The molecule has 0 aliphatic rings. The normalized spacial score (nSPS) is 10.5. The molecule has 0 radical (unpaired) electrons. The Bertz CT molecular complexity index is 531. The summed E-state index contributed by atoms with van der Waals surface area (Å²) >= 11 is 4.86. The topological polar surface area (TPSA) is 59.6 Å². The van der Waals surface area contributed by atoms with E-state index in [2.05, 4.69) is 10.2 Å². The van der Waals surface area contributed by atoms with Crippen LogP contribution in [0.25, 0.3) is 0 Å². The number of H-pyrrole nitrogens is 1. The lowest BCUT2D eigenvalue weighted by Crippen LogP contribution is -2.13. The van der Waals surface area contributed by atoms with Crippen LogP contribution in [0.2, 0.25) is 0 Å². The number of hydrogen-bond donors (Lipinski definition) is 2. The Morgan fingerprint density at radius 3 is 2.93 bits per heavy atom. The van der Waals surface area contributed by atoms with Gasteiger partial charge in [0.25, 0.3) is 0 Å². The van der Waals surface area contributed by atoms with Gasteiger partial charge in [-0.3, -0.25) is 5.10 Å². The number of hydrogen-bond acceptors (Lipinski definition) is 3. The highest BCUT2D eigenvalue weighted by Gasteiger charge is 2.04. The van der Waals surface area contributed by atoms with Gasteiger partial charge < -0.3 is 5.84 Å². The van der Waals surface area contributed by atoms with Gasteiger partial charge >= 0.3 is 0 Å². The van der Waals surface area contributed by atoms with Crippen LogP contribution in [0.4, 0.5) is 4.39 Å². The van der Waals surface area contributed by atoms with Gasteiger partial charge in [0.2, 0.25) is 4.77 Å². The summed E-state index contributed by atoms with van der Waals surface area (Å²) in [4.78, 5) is 0. The fourth-order valence-electron chi connectivity index (χ4n) is 1.29. The van der Waals surface area contributed by atoms with Crippen molar-refractivity contribution in [2.24, 2.45) is 0 Å². The molecule has 78 valence electrons.